The number of esters is 1. The van der Waals surface area contributed by atoms with Crippen LogP contribution < -0.4 is 21.1 Å². The topological polar surface area (TPSA) is 132 Å². The van der Waals surface area contributed by atoms with E-state index in [1.165, 1.54) is 20.3 Å². The number of nitrogens with zero attached hydrogens (tertiary/aromatic N) is 1. The summed E-state index contributed by atoms with van der Waals surface area (Å²) in [4.78, 5) is 38.8. The van der Waals surface area contributed by atoms with Crippen LogP contribution in [0.5, 0.6) is 5.75 Å². The number of hydrogen-bond acceptors (Lipinski definition) is 8. The third-order valence-electron chi connectivity index (χ3n) is 7.64. The summed E-state index contributed by atoms with van der Waals surface area (Å²) in [6.45, 7) is 5.31. The summed E-state index contributed by atoms with van der Waals surface area (Å²) in [7, 11) is 4.57. The molecule has 0 radical (unpaired) electrons. The fraction of sp³-hybridized carbons (Fsp3) is 0.700. The summed E-state index contributed by atoms with van der Waals surface area (Å²) in [5, 5.41) is 6.42. The summed E-state index contributed by atoms with van der Waals surface area (Å²) in [5.74, 6) is 0.373. The molecule has 1 aromatic rings. The van der Waals surface area contributed by atoms with Crippen LogP contribution >= 0.6 is 11.6 Å². The van der Waals surface area contributed by atoms with Gasteiger partial charge in [0.2, 0.25) is 5.91 Å². The maximum atomic E-state index is 13.0. The van der Waals surface area contributed by atoms with Gasteiger partial charge in [0.25, 0.3) is 5.91 Å². The predicted molar refractivity (Wildman–Crippen MR) is 161 cm³/mol. The van der Waals surface area contributed by atoms with E-state index in [0.717, 1.165) is 71.0 Å². The molecule has 11 heteroatoms. The lowest BCUT2D eigenvalue weighted by Crippen LogP contribution is -2.54. The number of unbranched alkanes of at least 4 members (excludes halogenated alkanes) is 4. The standard InChI is InChI=1S/C30H49ClN4O6/c1-21(17-28(36)33-14-9-7-5-6-8-12-29(37)41-4)11-10-15-35-16-13-25(27(20-35)40-3)34-30(38)22-18-23(31)24(32)19-26(22)39-2/h18-19,21,25,27H,5-17,20,32H2,1-4H3,(H,33,36)(H,34,38)/t21?,25-,27+/m1/s1. The molecule has 41 heavy (non-hydrogen) atoms. The molecule has 0 aromatic heterocycles. The van der Waals surface area contributed by atoms with Gasteiger partial charge >= 0.3 is 5.97 Å². The van der Waals surface area contributed by atoms with E-state index in [-0.39, 0.29) is 29.9 Å². The van der Waals surface area contributed by atoms with Crippen LogP contribution in [0.25, 0.3) is 0 Å². The number of benzene rings is 1. The van der Waals surface area contributed by atoms with Crippen LogP contribution in [0.15, 0.2) is 12.1 Å². The van der Waals surface area contributed by atoms with Gasteiger partial charge in [-0.25, -0.2) is 0 Å². The second-order valence-electron chi connectivity index (χ2n) is 10.9. The van der Waals surface area contributed by atoms with Crippen molar-refractivity contribution < 1.29 is 28.6 Å². The molecule has 0 saturated carbocycles. The minimum absolute atomic E-state index is 0.109. The number of carbonyl (C=O) groups excluding carboxylic acids is 3. The van der Waals surface area contributed by atoms with Crippen LogP contribution in [0.2, 0.25) is 5.02 Å². The molecule has 1 aliphatic rings. The summed E-state index contributed by atoms with van der Waals surface area (Å²) in [5.41, 5.74) is 6.54. The van der Waals surface area contributed by atoms with Crippen molar-refractivity contribution in [1.82, 2.24) is 15.5 Å². The van der Waals surface area contributed by atoms with E-state index in [1.54, 1.807) is 13.2 Å². The minimum atomic E-state index is -0.271. The number of rotatable bonds is 18. The highest BCUT2D eigenvalue weighted by atomic mass is 35.5. The predicted octanol–water partition coefficient (Wildman–Crippen LogP) is 4.19. The van der Waals surface area contributed by atoms with E-state index in [1.807, 2.05) is 0 Å². The first-order chi connectivity index (χ1) is 19.7. The molecule has 0 bridgehead atoms. The van der Waals surface area contributed by atoms with Crippen molar-refractivity contribution in [2.75, 3.05) is 53.2 Å². The molecule has 0 aliphatic carbocycles. The smallest absolute Gasteiger partial charge is 0.305 e. The number of ether oxygens (including phenoxy) is 3. The number of anilines is 1. The van der Waals surface area contributed by atoms with Crippen LogP contribution in [-0.4, -0.2) is 82.3 Å². The number of nitrogen functional groups attached to an aromatic ring is 1. The Morgan fingerprint density at radius 3 is 2.54 bits per heavy atom. The van der Waals surface area contributed by atoms with E-state index < -0.39 is 0 Å². The fourth-order valence-electron chi connectivity index (χ4n) is 5.16. The Balaban J connectivity index is 1.63. The van der Waals surface area contributed by atoms with Crippen LogP contribution in [0.3, 0.4) is 0 Å². The molecule has 1 saturated heterocycles. The molecule has 4 N–H and O–H groups in total. The third kappa shape index (κ3) is 12.5. The molecule has 2 rings (SSSR count). The molecule has 3 atom stereocenters. The Kier molecular flexibility index (Phi) is 15.9. The van der Waals surface area contributed by atoms with Gasteiger partial charge in [0, 0.05) is 45.7 Å². The molecule has 0 spiro atoms. The van der Waals surface area contributed by atoms with Gasteiger partial charge in [-0.3, -0.25) is 14.4 Å². The first kappa shape index (κ1) is 34.6. The number of piperidine rings is 1. The Morgan fingerprint density at radius 1 is 1.10 bits per heavy atom. The van der Waals surface area contributed by atoms with E-state index >= 15 is 0 Å². The van der Waals surface area contributed by atoms with Crippen molar-refractivity contribution in [2.45, 2.75) is 83.3 Å². The zero-order chi connectivity index (χ0) is 30.2. The van der Waals surface area contributed by atoms with Crippen LogP contribution in [0.4, 0.5) is 5.69 Å². The highest BCUT2D eigenvalue weighted by molar-refractivity contribution is 6.33. The number of amides is 2. The Bertz CT molecular complexity index is 979. The molecule has 1 fully saturated rings. The molecule has 1 aliphatic heterocycles. The van der Waals surface area contributed by atoms with Gasteiger partial charge in [0.05, 0.1) is 42.6 Å². The highest BCUT2D eigenvalue weighted by Crippen LogP contribution is 2.29. The Hall–Kier alpha value is -2.56. The van der Waals surface area contributed by atoms with Crippen molar-refractivity contribution in [3.8, 4) is 5.75 Å². The lowest BCUT2D eigenvalue weighted by atomic mass is 9.98. The normalized spacial score (nSPS) is 18.0. The average Bonchev–Trinajstić information content (AvgIpc) is 2.95. The van der Waals surface area contributed by atoms with Gasteiger partial charge in [0.15, 0.2) is 0 Å². The molecule has 1 aromatic carbocycles. The van der Waals surface area contributed by atoms with E-state index in [4.69, 9.17) is 26.8 Å². The number of likely N-dealkylation sites (tertiary alicyclic amines) is 1. The van der Waals surface area contributed by atoms with Crippen molar-refractivity contribution in [3.05, 3.63) is 22.7 Å². The van der Waals surface area contributed by atoms with Gasteiger partial charge in [0.1, 0.15) is 5.75 Å². The first-order valence-electron chi connectivity index (χ1n) is 14.7. The number of nitrogens with two attached hydrogens (primary N) is 1. The monoisotopic (exact) mass is 596 g/mol. The molecule has 1 unspecified atom stereocenters. The molecule has 10 nitrogen and oxygen atoms in total. The fourth-order valence-corrected chi connectivity index (χ4v) is 5.32. The second-order valence-corrected chi connectivity index (χ2v) is 11.3. The van der Waals surface area contributed by atoms with Crippen molar-refractivity contribution in [1.29, 1.82) is 0 Å². The number of carbonyl (C=O) groups is 3. The van der Waals surface area contributed by atoms with Crippen molar-refractivity contribution in [2.24, 2.45) is 5.92 Å². The Morgan fingerprint density at radius 2 is 1.83 bits per heavy atom. The number of hydrogen-bond donors (Lipinski definition) is 3. The minimum Gasteiger partial charge on any atom is -0.496 e. The Labute approximate surface area is 250 Å². The molecular weight excluding hydrogens is 548 g/mol. The third-order valence-corrected chi connectivity index (χ3v) is 7.97. The van der Waals surface area contributed by atoms with Crippen LogP contribution in [-0.2, 0) is 19.1 Å². The maximum absolute atomic E-state index is 13.0. The molecule has 1 heterocycles. The van der Waals surface area contributed by atoms with E-state index in [9.17, 15) is 14.4 Å². The second kappa shape index (κ2) is 18.8. The lowest BCUT2D eigenvalue weighted by Gasteiger charge is -2.38. The summed E-state index contributed by atoms with van der Waals surface area (Å²) < 4.78 is 15.7. The summed E-state index contributed by atoms with van der Waals surface area (Å²) in [6.07, 6.45) is 8.52. The van der Waals surface area contributed by atoms with Gasteiger partial charge in [-0.2, -0.15) is 0 Å². The largest absolute Gasteiger partial charge is 0.496 e. The highest BCUT2D eigenvalue weighted by Gasteiger charge is 2.31. The van der Waals surface area contributed by atoms with Gasteiger partial charge in [-0.05, 0) is 50.6 Å². The summed E-state index contributed by atoms with van der Waals surface area (Å²) in [6, 6.07) is 2.95. The van der Waals surface area contributed by atoms with Gasteiger partial charge in [-0.15, -0.1) is 0 Å². The number of methoxy groups -OCH3 is 3. The summed E-state index contributed by atoms with van der Waals surface area (Å²) >= 11 is 6.14. The average molecular weight is 597 g/mol. The molecule has 232 valence electrons. The molecular formula is C30H49ClN4O6. The van der Waals surface area contributed by atoms with Crippen LogP contribution in [0, 0.1) is 5.92 Å². The zero-order valence-electron chi connectivity index (χ0n) is 25.1. The first-order valence-corrected chi connectivity index (χ1v) is 15.1. The van der Waals surface area contributed by atoms with E-state index in [2.05, 4.69) is 27.2 Å². The zero-order valence-corrected chi connectivity index (χ0v) is 25.9. The van der Waals surface area contributed by atoms with Crippen molar-refractivity contribution >= 4 is 35.1 Å². The molecule has 2 amide bonds. The van der Waals surface area contributed by atoms with Gasteiger partial charge < -0.3 is 35.5 Å². The van der Waals surface area contributed by atoms with Crippen LogP contribution in [0.1, 0.15) is 81.5 Å². The number of nitrogens with one attached hydrogen (secondary N) is 2. The van der Waals surface area contributed by atoms with Gasteiger partial charge in [-0.1, -0.05) is 37.8 Å². The number of halogens is 1. The maximum Gasteiger partial charge on any atom is 0.305 e. The lowest BCUT2D eigenvalue weighted by molar-refractivity contribution is -0.140. The van der Waals surface area contributed by atoms with Crippen molar-refractivity contribution in [3.63, 3.8) is 0 Å². The quantitative estimate of drug-likeness (QED) is 0.131. The van der Waals surface area contributed by atoms with E-state index in [0.29, 0.717) is 47.3 Å². The SMILES string of the molecule is COC(=O)CCCCCCCNC(=O)CC(C)CCCN1CC[C@@H](NC(=O)c2cc(Cl)c(N)cc2OC)[C@@H](OC)C1.